The minimum absolute atomic E-state index is 0.199. The molecular formula is C14H17NO4S. The van der Waals surface area contributed by atoms with E-state index in [1.54, 1.807) is 26.1 Å². The third kappa shape index (κ3) is 2.96. The molecule has 6 heteroatoms. The third-order valence-corrected chi connectivity index (χ3v) is 4.38. The first kappa shape index (κ1) is 14.9. The number of hydrogen-bond acceptors (Lipinski definition) is 5. The number of hydroxylamine groups is 2. The first-order chi connectivity index (χ1) is 9.56. The van der Waals surface area contributed by atoms with Crippen molar-refractivity contribution < 1.29 is 19.2 Å². The van der Waals surface area contributed by atoms with Gasteiger partial charge in [-0.05, 0) is 31.0 Å². The highest BCUT2D eigenvalue weighted by atomic mass is 32.2. The fraction of sp³-hybridized carbons (Fsp3) is 0.429. The van der Waals surface area contributed by atoms with E-state index in [4.69, 9.17) is 9.57 Å². The van der Waals surface area contributed by atoms with Crippen LogP contribution < -0.4 is 0 Å². The summed E-state index contributed by atoms with van der Waals surface area (Å²) in [7, 11) is 3.00. The molecule has 0 radical (unpaired) electrons. The van der Waals surface area contributed by atoms with Crippen LogP contribution in [0.25, 0.3) is 0 Å². The predicted octanol–water partition coefficient (Wildman–Crippen LogP) is 1.90. The Hall–Kier alpha value is -1.53. The van der Waals surface area contributed by atoms with Gasteiger partial charge in [-0.1, -0.05) is 6.07 Å². The lowest BCUT2D eigenvalue weighted by Crippen LogP contribution is -2.25. The molecule has 1 heterocycles. The smallest absolute Gasteiger partial charge is 0.319 e. The van der Waals surface area contributed by atoms with Gasteiger partial charge in [0.25, 0.3) is 5.91 Å². The maximum Gasteiger partial charge on any atom is 0.319 e. The molecule has 0 aliphatic carbocycles. The number of esters is 1. The van der Waals surface area contributed by atoms with Crippen LogP contribution in [0.5, 0.6) is 0 Å². The first-order valence-electron chi connectivity index (χ1n) is 6.35. The van der Waals surface area contributed by atoms with Crippen molar-refractivity contribution >= 4 is 23.6 Å². The Morgan fingerprint density at radius 3 is 2.85 bits per heavy atom. The van der Waals surface area contributed by atoms with Gasteiger partial charge in [-0.2, -0.15) is 0 Å². The van der Waals surface area contributed by atoms with E-state index in [-0.39, 0.29) is 17.1 Å². The Morgan fingerprint density at radius 1 is 1.45 bits per heavy atom. The summed E-state index contributed by atoms with van der Waals surface area (Å²) in [4.78, 5) is 29.6. The van der Waals surface area contributed by atoms with Crippen LogP contribution in [0, 0.1) is 0 Å². The Labute approximate surface area is 122 Å². The third-order valence-electron chi connectivity index (χ3n) is 3.10. The second-order valence-corrected chi connectivity index (χ2v) is 5.61. The highest BCUT2D eigenvalue weighted by Gasteiger charge is 2.30. The van der Waals surface area contributed by atoms with Crippen LogP contribution in [0.15, 0.2) is 23.1 Å². The minimum Gasteiger partial charge on any atom is -0.465 e. The van der Waals surface area contributed by atoms with Crippen LogP contribution in [0.4, 0.5) is 0 Å². The summed E-state index contributed by atoms with van der Waals surface area (Å²) in [5.41, 5.74) is 1.62. The van der Waals surface area contributed by atoms with E-state index in [1.165, 1.54) is 23.9 Å². The molecule has 1 aromatic rings. The van der Waals surface area contributed by atoms with E-state index in [2.05, 4.69) is 0 Å². The van der Waals surface area contributed by atoms with Crippen molar-refractivity contribution in [2.45, 2.75) is 23.5 Å². The molecule has 1 aliphatic heterocycles. The normalized spacial score (nSPS) is 16.6. The van der Waals surface area contributed by atoms with Crippen molar-refractivity contribution in [3.63, 3.8) is 0 Å². The number of amides is 1. The topological polar surface area (TPSA) is 55.8 Å². The molecule has 108 valence electrons. The lowest BCUT2D eigenvalue weighted by atomic mass is 10.1. The number of carbonyl (C=O) groups is 2. The first-order valence-corrected chi connectivity index (χ1v) is 7.23. The molecule has 2 rings (SSSR count). The van der Waals surface area contributed by atoms with Crippen LogP contribution in [0.1, 0.15) is 22.8 Å². The van der Waals surface area contributed by atoms with Crippen molar-refractivity contribution in [2.75, 3.05) is 20.8 Å². The number of ether oxygens (including phenoxy) is 1. The van der Waals surface area contributed by atoms with E-state index >= 15 is 0 Å². The van der Waals surface area contributed by atoms with Crippen LogP contribution in [-0.4, -0.2) is 43.0 Å². The number of thioether (sulfide) groups is 1. The monoisotopic (exact) mass is 295 g/mol. The average molecular weight is 295 g/mol. The van der Waals surface area contributed by atoms with Crippen molar-refractivity contribution in [2.24, 2.45) is 0 Å². The minimum atomic E-state index is -0.213. The van der Waals surface area contributed by atoms with Gasteiger partial charge in [-0.15, -0.1) is 11.8 Å². The lowest BCUT2D eigenvalue weighted by Gasteiger charge is -2.13. The molecule has 5 nitrogen and oxygen atoms in total. The number of rotatable bonds is 4. The fourth-order valence-electron chi connectivity index (χ4n) is 1.99. The molecule has 0 saturated carbocycles. The Bertz CT molecular complexity index is 532. The number of carbonyl (C=O) groups excluding carboxylic acids is 2. The standard InChI is InChI=1S/C14H17NO4S/c1-4-19-14(17)12-7-9-5-6-10(8-11(9)20-12)13(16)15(2)18-3/h5-6,8,12H,4,7H2,1-3H3. The molecule has 1 amide bonds. The van der Waals surface area contributed by atoms with Gasteiger partial charge in [0.05, 0.1) is 13.7 Å². The summed E-state index contributed by atoms with van der Waals surface area (Å²) < 4.78 is 5.04. The van der Waals surface area contributed by atoms with E-state index in [9.17, 15) is 9.59 Å². The van der Waals surface area contributed by atoms with Gasteiger partial charge < -0.3 is 4.74 Å². The van der Waals surface area contributed by atoms with Crippen LogP contribution in [0.2, 0.25) is 0 Å². The summed E-state index contributed by atoms with van der Waals surface area (Å²) in [6.45, 7) is 2.18. The summed E-state index contributed by atoms with van der Waals surface area (Å²) in [6.07, 6.45) is 0.646. The van der Waals surface area contributed by atoms with E-state index < -0.39 is 0 Å². The maximum absolute atomic E-state index is 12.0. The molecule has 1 unspecified atom stereocenters. The van der Waals surface area contributed by atoms with Crippen molar-refractivity contribution in [3.05, 3.63) is 29.3 Å². The molecule has 0 bridgehead atoms. The van der Waals surface area contributed by atoms with E-state index in [1.807, 2.05) is 6.07 Å². The molecule has 0 saturated heterocycles. The van der Waals surface area contributed by atoms with Crippen molar-refractivity contribution in [1.82, 2.24) is 5.06 Å². The highest BCUT2D eigenvalue weighted by Crippen LogP contribution is 2.38. The van der Waals surface area contributed by atoms with E-state index in [0.29, 0.717) is 18.6 Å². The Kier molecular flexibility index (Phi) is 4.67. The summed E-state index contributed by atoms with van der Waals surface area (Å²) in [6, 6.07) is 5.44. The van der Waals surface area contributed by atoms with Gasteiger partial charge >= 0.3 is 5.97 Å². The van der Waals surface area contributed by atoms with Crippen LogP contribution >= 0.6 is 11.8 Å². The molecule has 0 N–H and O–H groups in total. The summed E-state index contributed by atoms with van der Waals surface area (Å²) in [5.74, 6) is -0.411. The largest absolute Gasteiger partial charge is 0.465 e. The van der Waals surface area contributed by atoms with Gasteiger partial charge in [0.1, 0.15) is 5.25 Å². The van der Waals surface area contributed by atoms with Crippen LogP contribution in [0.3, 0.4) is 0 Å². The number of hydrogen-bond donors (Lipinski definition) is 0. The SMILES string of the molecule is CCOC(=O)C1Cc2ccc(C(=O)N(C)OC)cc2S1. The zero-order valence-electron chi connectivity index (χ0n) is 11.7. The Morgan fingerprint density at radius 2 is 2.20 bits per heavy atom. The second kappa shape index (κ2) is 6.28. The zero-order chi connectivity index (χ0) is 14.7. The molecule has 0 aromatic heterocycles. The van der Waals surface area contributed by atoms with Gasteiger partial charge in [0.15, 0.2) is 0 Å². The predicted molar refractivity (Wildman–Crippen MR) is 75.5 cm³/mol. The molecule has 0 fully saturated rings. The van der Waals surface area contributed by atoms with Crippen LogP contribution in [-0.2, 0) is 20.8 Å². The average Bonchev–Trinajstić information content (AvgIpc) is 2.88. The summed E-state index contributed by atoms with van der Waals surface area (Å²) >= 11 is 1.45. The maximum atomic E-state index is 12.0. The molecule has 1 aliphatic rings. The van der Waals surface area contributed by atoms with Crippen molar-refractivity contribution in [3.8, 4) is 0 Å². The van der Waals surface area contributed by atoms with Gasteiger partial charge in [-0.3, -0.25) is 14.4 Å². The molecule has 1 atom stereocenters. The lowest BCUT2D eigenvalue weighted by molar-refractivity contribution is -0.142. The summed E-state index contributed by atoms with van der Waals surface area (Å²) in [5, 5.41) is 0.958. The zero-order valence-corrected chi connectivity index (χ0v) is 12.5. The van der Waals surface area contributed by atoms with Crippen molar-refractivity contribution in [1.29, 1.82) is 0 Å². The quantitative estimate of drug-likeness (QED) is 0.627. The molecule has 20 heavy (non-hydrogen) atoms. The van der Waals surface area contributed by atoms with Gasteiger partial charge in [-0.25, -0.2) is 5.06 Å². The highest BCUT2D eigenvalue weighted by molar-refractivity contribution is 8.01. The molecular weight excluding hydrogens is 278 g/mol. The number of fused-ring (bicyclic) bond motifs is 1. The molecule has 1 aromatic carbocycles. The Balaban J connectivity index is 2.14. The number of benzene rings is 1. The molecule has 0 spiro atoms. The second-order valence-electron chi connectivity index (χ2n) is 4.37. The van der Waals surface area contributed by atoms with E-state index in [0.717, 1.165) is 10.5 Å². The van der Waals surface area contributed by atoms with Gasteiger partial charge in [0.2, 0.25) is 0 Å². The van der Waals surface area contributed by atoms with Gasteiger partial charge in [0, 0.05) is 17.5 Å². The number of nitrogens with zero attached hydrogens (tertiary/aromatic N) is 1. The fourth-order valence-corrected chi connectivity index (χ4v) is 3.22.